The van der Waals surface area contributed by atoms with E-state index in [1.54, 1.807) is 0 Å². The molecule has 0 bridgehead atoms. The van der Waals surface area contributed by atoms with Gasteiger partial charge in [-0.15, -0.1) is 0 Å². The molecule has 5 heteroatoms. The van der Waals surface area contributed by atoms with Crippen LogP contribution in [0.2, 0.25) is 0 Å². The number of amides is 1. The van der Waals surface area contributed by atoms with E-state index in [9.17, 15) is 9.59 Å². The van der Waals surface area contributed by atoms with Crippen molar-refractivity contribution in [3.63, 3.8) is 0 Å². The van der Waals surface area contributed by atoms with Crippen molar-refractivity contribution in [3.05, 3.63) is 35.4 Å². The number of hydrogen-bond donors (Lipinski definition) is 2. The number of benzene rings is 1. The molecule has 1 amide bonds. The van der Waals surface area contributed by atoms with E-state index in [4.69, 9.17) is 5.11 Å². The molecule has 5 nitrogen and oxygen atoms in total. The largest absolute Gasteiger partial charge is 0.481 e. The number of carbonyl (C=O) groups is 2. The number of nitrogens with one attached hydrogen (secondary N) is 1. The Morgan fingerprint density at radius 3 is 2.38 bits per heavy atom. The van der Waals surface area contributed by atoms with Crippen LogP contribution in [0.5, 0.6) is 0 Å². The van der Waals surface area contributed by atoms with Crippen LogP contribution in [0.1, 0.15) is 31.9 Å². The van der Waals surface area contributed by atoms with Crippen LogP contribution in [-0.4, -0.2) is 41.0 Å². The first-order chi connectivity index (χ1) is 9.92. The lowest BCUT2D eigenvalue weighted by Crippen LogP contribution is -2.39. The molecule has 0 saturated carbocycles. The molecule has 0 aliphatic rings. The highest BCUT2D eigenvalue weighted by Gasteiger charge is 2.13. The highest BCUT2D eigenvalue weighted by atomic mass is 16.4. The number of aliphatic carboxylic acids is 1. The van der Waals surface area contributed by atoms with Crippen LogP contribution in [0.4, 0.5) is 0 Å². The number of carboxylic acids is 1. The van der Waals surface area contributed by atoms with E-state index in [-0.39, 0.29) is 18.4 Å². The summed E-state index contributed by atoms with van der Waals surface area (Å²) in [4.78, 5) is 24.7. The minimum Gasteiger partial charge on any atom is -0.481 e. The summed E-state index contributed by atoms with van der Waals surface area (Å²) in [5.74, 6) is -0.856. The highest BCUT2D eigenvalue weighted by molar-refractivity contribution is 5.78. The van der Waals surface area contributed by atoms with Gasteiger partial charge in [-0.05, 0) is 31.5 Å². The Labute approximate surface area is 126 Å². The van der Waals surface area contributed by atoms with E-state index >= 15 is 0 Å². The normalized spacial score (nSPS) is 10.9. The van der Waals surface area contributed by atoms with E-state index in [2.05, 4.69) is 5.32 Å². The Morgan fingerprint density at radius 1 is 1.24 bits per heavy atom. The van der Waals surface area contributed by atoms with Crippen molar-refractivity contribution in [2.45, 2.75) is 39.8 Å². The van der Waals surface area contributed by atoms with E-state index in [1.165, 1.54) is 0 Å². The van der Waals surface area contributed by atoms with Crippen LogP contribution < -0.4 is 5.32 Å². The van der Waals surface area contributed by atoms with E-state index < -0.39 is 5.97 Å². The molecule has 0 unspecified atom stereocenters. The molecular weight excluding hydrogens is 268 g/mol. The summed E-state index contributed by atoms with van der Waals surface area (Å²) in [5.41, 5.74) is 1.76. The fourth-order valence-electron chi connectivity index (χ4n) is 2.14. The van der Waals surface area contributed by atoms with Gasteiger partial charge in [0.15, 0.2) is 0 Å². The predicted molar refractivity (Wildman–Crippen MR) is 82.0 cm³/mol. The third kappa shape index (κ3) is 6.40. The molecule has 0 spiro atoms. The van der Waals surface area contributed by atoms with Gasteiger partial charge in [0.1, 0.15) is 0 Å². The molecule has 0 aliphatic heterocycles. The zero-order valence-electron chi connectivity index (χ0n) is 12.9. The van der Waals surface area contributed by atoms with Crippen molar-refractivity contribution >= 4 is 11.9 Å². The van der Waals surface area contributed by atoms with Gasteiger partial charge in [-0.1, -0.05) is 31.2 Å². The van der Waals surface area contributed by atoms with Crippen molar-refractivity contribution in [2.24, 2.45) is 0 Å². The maximum atomic E-state index is 11.8. The van der Waals surface area contributed by atoms with Crippen LogP contribution in [0.15, 0.2) is 24.3 Å². The van der Waals surface area contributed by atoms with E-state index in [0.717, 1.165) is 17.7 Å². The van der Waals surface area contributed by atoms with Crippen LogP contribution in [0.3, 0.4) is 0 Å². The summed E-state index contributed by atoms with van der Waals surface area (Å²) in [6, 6.07) is 7.59. The van der Waals surface area contributed by atoms with Crippen molar-refractivity contribution < 1.29 is 14.7 Å². The van der Waals surface area contributed by atoms with E-state index in [1.807, 2.05) is 49.9 Å². The molecule has 0 fully saturated rings. The topological polar surface area (TPSA) is 69.6 Å². The van der Waals surface area contributed by atoms with Gasteiger partial charge in [0.25, 0.3) is 0 Å². The van der Waals surface area contributed by atoms with Gasteiger partial charge in [-0.2, -0.15) is 0 Å². The first-order valence-corrected chi connectivity index (χ1v) is 7.22. The summed E-state index contributed by atoms with van der Waals surface area (Å²) in [5, 5.41) is 11.8. The average molecular weight is 292 g/mol. The molecular formula is C16H24N2O3. The zero-order valence-corrected chi connectivity index (χ0v) is 12.9. The molecule has 21 heavy (non-hydrogen) atoms. The smallest absolute Gasteiger partial charge is 0.307 e. The Hall–Kier alpha value is -1.88. The standard InChI is InChI=1S/C16H24N2O3/c1-4-18(11-15(19)17-12(2)3)10-14-8-6-5-7-13(14)9-16(20)21/h5-8,12H,4,9-11H2,1-3H3,(H,17,19)(H,20,21). The number of nitrogens with zero attached hydrogens (tertiary/aromatic N) is 1. The van der Waals surface area contributed by atoms with Crippen LogP contribution in [0, 0.1) is 0 Å². The van der Waals surface area contributed by atoms with Gasteiger partial charge >= 0.3 is 5.97 Å². The van der Waals surface area contributed by atoms with Gasteiger partial charge in [-0.25, -0.2) is 0 Å². The monoisotopic (exact) mass is 292 g/mol. The lowest BCUT2D eigenvalue weighted by atomic mass is 10.0. The van der Waals surface area contributed by atoms with Crippen LogP contribution in [0.25, 0.3) is 0 Å². The second-order valence-electron chi connectivity index (χ2n) is 5.36. The Kier molecular flexibility index (Phi) is 6.88. The number of hydrogen-bond acceptors (Lipinski definition) is 3. The first-order valence-electron chi connectivity index (χ1n) is 7.22. The summed E-state index contributed by atoms with van der Waals surface area (Å²) >= 11 is 0. The number of carbonyl (C=O) groups excluding carboxylic acids is 1. The first kappa shape index (κ1) is 17.2. The minimum atomic E-state index is -0.844. The third-order valence-corrected chi connectivity index (χ3v) is 3.12. The van der Waals surface area contributed by atoms with Gasteiger partial charge < -0.3 is 10.4 Å². The summed E-state index contributed by atoms with van der Waals surface area (Å²) in [7, 11) is 0. The third-order valence-electron chi connectivity index (χ3n) is 3.12. The maximum absolute atomic E-state index is 11.8. The second-order valence-corrected chi connectivity index (χ2v) is 5.36. The molecule has 0 aliphatic carbocycles. The van der Waals surface area contributed by atoms with Crippen LogP contribution in [-0.2, 0) is 22.6 Å². The summed E-state index contributed by atoms with van der Waals surface area (Å²) < 4.78 is 0. The SMILES string of the molecule is CCN(CC(=O)NC(C)C)Cc1ccccc1CC(=O)O. The molecule has 0 aromatic heterocycles. The Morgan fingerprint density at radius 2 is 1.86 bits per heavy atom. The van der Waals surface area contributed by atoms with Crippen molar-refractivity contribution in [1.29, 1.82) is 0 Å². The molecule has 1 aromatic rings. The molecule has 0 atom stereocenters. The summed E-state index contributed by atoms with van der Waals surface area (Å²) in [6.45, 7) is 7.46. The molecule has 1 aromatic carbocycles. The molecule has 0 saturated heterocycles. The number of carboxylic acid groups (broad SMARTS) is 1. The number of rotatable bonds is 8. The second kappa shape index (κ2) is 8.42. The molecule has 0 heterocycles. The van der Waals surface area contributed by atoms with E-state index in [0.29, 0.717) is 13.1 Å². The van der Waals surface area contributed by atoms with Crippen LogP contribution >= 0.6 is 0 Å². The van der Waals surface area contributed by atoms with Gasteiger partial charge in [0.05, 0.1) is 13.0 Å². The summed E-state index contributed by atoms with van der Waals surface area (Å²) in [6.07, 6.45) is 0.00587. The highest BCUT2D eigenvalue weighted by Crippen LogP contribution is 2.12. The zero-order chi connectivity index (χ0) is 15.8. The van der Waals surface area contributed by atoms with Crippen molar-refractivity contribution in [3.8, 4) is 0 Å². The minimum absolute atomic E-state index is 0.00587. The van der Waals surface area contributed by atoms with Gasteiger partial charge in [-0.3, -0.25) is 14.5 Å². The average Bonchev–Trinajstić information content (AvgIpc) is 2.38. The Balaban J connectivity index is 2.73. The molecule has 1 rings (SSSR count). The van der Waals surface area contributed by atoms with Crippen molar-refractivity contribution in [2.75, 3.05) is 13.1 Å². The maximum Gasteiger partial charge on any atom is 0.307 e. The lowest BCUT2D eigenvalue weighted by molar-refractivity contribution is -0.136. The number of likely N-dealkylation sites (N-methyl/N-ethyl adjacent to an activating group) is 1. The molecule has 0 radical (unpaired) electrons. The lowest BCUT2D eigenvalue weighted by Gasteiger charge is -2.22. The fourth-order valence-corrected chi connectivity index (χ4v) is 2.14. The van der Waals surface area contributed by atoms with Gasteiger partial charge in [0.2, 0.25) is 5.91 Å². The quantitative estimate of drug-likeness (QED) is 0.764. The molecule has 116 valence electrons. The van der Waals surface area contributed by atoms with Gasteiger partial charge in [0, 0.05) is 12.6 Å². The Bertz CT molecular complexity index is 486. The predicted octanol–water partition coefficient (Wildman–Crippen LogP) is 1.66. The fraction of sp³-hybridized carbons (Fsp3) is 0.500. The molecule has 2 N–H and O–H groups in total. The van der Waals surface area contributed by atoms with Crippen molar-refractivity contribution in [1.82, 2.24) is 10.2 Å².